The Bertz CT molecular complexity index is 179. The molecule has 0 aromatic rings. The SMILES string of the molecule is NC(=O)C(=O)O.NC(=O)C(=O)O.S. The summed E-state index contributed by atoms with van der Waals surface area (Å²) in [4.78, 5) is 37.1. The second-order valence-electron chi connectivity index (χ2n) is 1.34. The van der Waals surface area contributed by atoms with E-state index in [1.165, 1.54) is 0 Å². The van der Waals surface area contributed by atoms with E-state index in [-0.39, 0.29) is 13.5 Å². The van der Waals surface area contributed by atoms with Gasteiger partial charge >= 0.3 is 23.8 Å². The molecule has 0 radical (unpaired) electrons. The monoisotopic (exact) mass is 212 g/mol. The Morgan fingerprint density at radius 3 is 0.846 bits per heavy atom. The molecule has 13 heavy (non-hydrogen) atoms. The maximum absolute atomic E-state index is 9.32. The fraction of sp³-hybridized carbons (Fsp3) is 0. The van der Waals surface area contributed by atoms with Gasteiger partial charge in [0, 0.05) is 0 Å². The van der Waals surface area contributed by atoms with Gasteiger partial charge in [-0.1, -0.05) is 0 Å². The fourth-order valence-corrected chi connectivity index (χ4v) is 0. The summed E-state index contributed by atoms with van der Waals surface area (Å²) >= 11 is 0. The van der Waals surface area contributed by atoms with Crippen LogP contribution in [-0.2, 0) is 19.2 Å². The van der Waals surface area contributed by atoms with Crippen molar-refractivity contribution in [3.8, 4) is 0 Å². The number of hydrogen-bond donors (Lipinski definition) is 4. The van der Waals surface area contributed by atoms with Crippen molar-refractivity contribution in [1.29, 1.82) is 0 Å². The number of carboxylic acids is 2. The van der Waals surface area contributed by atoms with Crippen molar-refractivity contribution in [2.75, 3.05) is 0 Å². The van der Waals surface area contributed by atoms with E-state index in [4.69, 9.17) is 10.2 Å². The highest BCUT2D eigenvalue weighted by atomic mass is 32.1. The standard InChI is InChI=1S/2C2H3NO3.H2S/c2*3-1(4)2(5)6;/h2*(H2,3,4)(H,5,6);1H2. The molecular formula is C4H8N2O6S. The Balaban J connectivity index is -0.000000143. The molecule has 0 aromatic heterocycles. The number of carbonyl (C=O) groups is 4. The normalized spacial score (nSPS) is 6.77. The van der Waals surface area contributed by atoms with Crippen LogP contribution in [0.2, 0.25) is 0 Å². The molecule has 0 rings (SSSR count). The van der Waals surface area contributed by atoms with Gasteiger partial charge < -0.3 is 21.7 Å². The Labute approximate surface area is 78.9 Å². The smallest absolute Gasteiger partial charge is 0.394 e. The predicted molar refractivity (Wildman–Crippen MR) is 44.0 cm³/mol. The third kappa shape index (κ3) is 17.9. The summed E-state index contributed by atoms with van der Waals surface area (Å²) in [6.45, 7) is 0. The van der Waals surface area contributed by atoms with Crippen LogP contribution in [0, 0.1) is 0 Å². The molecule has 0 aliphatic rings. The third-order valence-electron chi connectivity index (χ3n) is 0.422. The maximum Gasteiger partial charge on any atom is 0.394 e. The van der Waals surface area contributed by atoms with Crippen LogP contribution in [0.1, 0.15) is 0 Å². The molecule has 0 aliphatic carbocycles. The number of carboxylic acid groups (broad SMARTS) is 2. The van der Waals surface area contributed by atoms with Crippen molar-refractivity contribution in [3.05, 3.63) is 0 Å². The van der Waals surface area contributed by atoms with Crippen molar-refractivity contribution in [2.24, 2.45) is 11.5 Å². The largest absolute Gasteiger partial charge is 0.474 e. The van der Waals surface area contributed by atoms with Crippen molar-refractivity contribution in [2.45, 2.75) is 0 Å². The summed E-state index contributed by atoms with van der Waals surface area (Å²) < 4.78 is 0. The van der Waals surface area contributed by atoms with Gasteiger partial charge in [-0.2, -0.15) is 13.5 Å². The zero-order valence-corrected chi connectivity index (χ0v) is 7.18. The van der Waals surface area contributed by atoms with E-state index < -0.39 is 23.8 Å². The molecule has 76 valence electrons. The summed E-state index contributed by atoms with van der Waals surface area (Å²) in [6.07, 6.45) is 0. The molecule has 0 heterocycles. The summed E-state index contributed by atoms with van der Waals surface area (Å²) in [6, 6.07) is 0. The minimum atomic E-state index is -1.60. The molecule has 0 spiro atoms. The molecule has 0 saturated carbocycles. The highest BCUT2D eigenvalue weighted by Crippen LogP contribution is 1.51. The average molecular weight is 212 g/mol. The van der Waals surface area contributed by atoms with E-state index in [0.717, 1.165) is 0 Å². The molecule has 0 saturated heterocycles. The first-order valence-corrected chi connectivity index (χ1v) is 2.34. The first kappa shape index (κ1) is 17.4. The van der Waals surface area contributed by atoms with Crippen LogP contribution < -0.4 is 11.5 Å². The van der Waals surface area contributed by atoms with Crippen LogP contribution in [0.3, 0.4) is 0 Å². The van der Waals surface area contributed by atoms with Crippen LogP contribution in [0.15, 0.2) is 0 Å². The second-order valence-corrected chi connectivity index (χ2v) is 1.34. The van der Waals surface area contributed by atoms with Crippen molar-refractivity contribution < 1.29 is 29.4 Å². The van der Waals surface area contributed by atoms with Crippen LogP contribution in [-0.4, -0.2) is 34.0 Å². The van der Waals surface area contributed by atoms with E-state index in [0.29, 0.717) is 0 Å². The lowest BCUT2D eigenvalue weighted by molar-refractivity contribution is -0.148. The van der Waals surface area contributed by atoms with Gasteiger partial charge in [-0.15, -0.1) is 0 Å². The molecule has 0 aliphatic heterocycles. The van der Waals surface area contributed by atoms with Gasteiger partial charge in [0.1, 0.15) is 0 Å². The van der Waals surface area contributed by atoms with Crippen molar-refractivity contribution in [3.63, 3.8) is 0 Å². The van der Waals surface area contributed by atoms with Gasteiger partial charge in [-0.05, 0) is 0 Å². The number of rotatable bonds is 0. The Hall–Kier alpha value is -1.77. The summed E-state index contributed by atoms with van der Waals surface area (Å²) in [7, 11) is 0. The number of carbonyl (C=O) groups excluding carboxylic acids is 2. The van der Waals surface area contributed by atoms with Crippen LogP contribution >= 0.6 is 13.5 Å². The maximum atomic E-state index is 9.32. The quantitative estimate of drug-likeness (QED) is 0.317. The zero-order valence-electron chi connectivity index (χ0n) is 6.18. The van der Waals surface area contributed by atoms with Gasteiger partial charge in [0.05, 0.1) is 0 Å². The molecule has 0 bridgehead atoms. The van der Waals surface area contributed by atoms with Gasteiger partial charge in [0.15, 0.2) is 0 Å². The predicted octanol–water partition coefficient (Wildman–Crippen LogP) is -2.77. The number of aliphatic carboxylic acids is 2. The van der Waals surface area contributed by atoms with Crippen LogP contribution in [0.25, 0.3) is 0 Å². The van der Waals surface area contributed by atoms with Gasteiger partial charge in [-0.25, -0.2) is 9.59 Å². The summed E-state index contributed by atoms with van der Waals surface area (Å²) in [5.74, 6) is -5.85. The van der Waals surface area contributed by atoms with E-state index in [9.17, 15) is 19.2 Å². The highest BCUT2D eigenvalue weighted by molar-refractivity contribution is 7.59. The second kappa shape index (κ2) is 8.33. The van der Waals surface area contributed by atoms with Crippen molar-refractivity contribution >= 4 is 37.2 Å². The number of amides is 2. The Morgan fingerprint density at radius 1 is 0.769 bits per heavy atom. The Kier molecular flexibility index (Phi) is 11.1. The van der Waals surface area contributed by atoms with Crippen molar-refractivity contribution in [1.82, 2.24) is 0 Å². The van der Waals surface area contributed by atoms with Crippen LogP contribution in [0.5, 0.6) is 0 Å². The topological polar surface area (TPSA) is 161 Å². The van der Waals surface area contributed by atoms with Gasteiger partial charge in [0.25, 0.3) is 0 Å². The number of hydrogen-bond acceptors (Lipinski definition) is 4. The van der Waals surface area contributed by atoms with Crippen LogP contribution in [0.4, 0.5) is 0 Å². The van der Waals surface area contributed by atoms with Gasteiger partial charge in [0.2, 0.25) is 0 Å². The molecule has 8 nitrogen and oxygen atoms in total. The molecule has 0 atom stereocenters. The Morgan fingerprint density at radius 2 is 0.846 bits per heavy atom. The zero-order chi connectivity index (χ0) is 10.3. The molecule has 0 fully saturated rings. The lowest BCUT2D eigenvalue weighted by Gasteiger charge is -1.74. The molecule has 0 unspecified atom stereocenters. The molecule has 9 heteroatoms. The highest BCUT2D eigenvalue weighted by Gasteiger charge is 2.00. The third-order valence-corrected chi connectivity index (χ3v) is 0.422. The first-order valence-electron chi connectivity index (χ1n) is 2.34. The minimum Gasteiger partial charge on any atom is -0.474 e. The molecule has 6 N–H and O–H groups in total. The van der Waals surface area contributed by atoms with Gasteiger partial charge in [-0.3, -0.25) is 9.59 Å². The lowest BCUT2D eigenvalue weighted by atomic mass is 10.7. The number of primary amides is 2. The van der Waals surface area contributed by atoms with E-state index >= 15 is 0 Å². The van der Waals surface area contributed by atoms with E-state index in [2.05, 4.69) is 11.5 Å². The molecular weight excluding hydrogens is 204 g/mol. The summed E-state index contributed by atoms with van der Waals surface area (Å²) in [5, 5.41) is 15.0. The fourth-order valence-electron chi connectivity index (χ4n) is 0. The summed E-state index contributed by atoms with van der Waals surface area (Å²) in [5.41, 5.74) is 8.39. The molecule has 0 aromatic carbocycles. The molecule has 2 amide bonds. The first-order chi connectivity index (χ1) is 5.29. The number of nitrogens with two attached hydrogens (primary N) is 2. The lowest BCUT2D eigenvalue weighted by Crippen LogP contribution is -2.21. The van der Waals surface area contributed by atoms with E-state index in [1.54, 1.807) is 0 Å². The van der Waals surface area contributed by atoms with E-state index in [1.807, 2.05) is 0 Å². The minimum absolute atomic E-state index is 0. The average Bonchev–Trinajstić information content (AvgIpc) is 1.88.